The number of rotatable bonds is 7. The van der Waals surface area contributed by atoms with Gasteiger partial charge in [-0.05, 0) is 49.6 Å². The summed E-state index contributed by atoms with van der Waals surface area (Å²) < 4.78 is 10.8. The van der Waals surface area contributed by atoms with E-state index in [2.05, 4.69) is 15.5 Å². The number of nitrogens with one attached hydrogen (secondary N) is 2. The van der Waals surface area contributed by atoms with Crippen LogP contribution in [0.4, 0.5) is 5.69 Å². The van der Waals surface area contributed by atoms with Gasteiger partial charge in [0.15, 0.2) is 6.61 Å². The fourth-order valence-corrected chi connectivity index (χ4v) is 3.97. The quantitative estimate of drug-likeness (QED) is 0.538. The number of hydrogen-bond donors (Lipinski definition) is 2. The molecule has 33 heavy (non-hydrogen) atoms. The fraction of sp³-hybridized carbons (Fsp3) is 0.320. The van der Waals surface area contributed by atoms with E-state index in [9.17, 15) is 14.4 Å². The third-order valence-corrected chi connectivity index (χ3v) is 5.67. The van der Waals surface area contributed by atoms with Crippen molar-refractivity contribution in [1.29, 1.82) is 0 Å². The van der Waals surface area contributed by atoms with E-state index in [1.165, 1.54) is 6.07 Å². The maximum atomic E-state index is 12.3. The van der Waals surface area contributed by atoms with Crippen molar-refractivity contribution in [3.05, 3.63) is 70.6 Å². The molecule has 1 aliphatic heterocycles. The average molecular weight is 450 g/mol. The number of hydrogen-bond acceptors (Lipinski definition) is 6. The molecule has 1 aromatic heterocycles. The molecule has 2 N–H and O–H groups in total. The van der Waals surface area contributed by atoms with Crippen LogP contribution >= 0.6 is 0 Å². The summed E-state index contributed by atoms with van der Waals surface area (Å²) in [6.07, 6.45) is 1.54. The molecule has 172 valence electrons. The van der Waals surface area contributed by atoms with E-state index in [1.807, 2.05) is 43.3 Å². The minimum Gasteiger partial charge on any atom is -0.484 e. The number of nitrogens with zero attached hydrogens (tertiary/aromatic N) is 1. The van der Waals surface area contributed by atoms with Gasteiger partial charge in [0.25, 0.3) is 5.91 Å². The van der Waals surface area contributed by atoms with Crippen molar-refractivity contribution in [1.82, 2.24) is 10.2 Å². The number of carbonyl (C=O) groups excluding carboxylic acids is 2. The van der Waals surface area contributed by atoms with Gasteiger partial charge in [0.1, 0.15) is 11.3 Å². The average Bonchev–Trinajstić information content (AvgIpc) is 2.79. The molecule has 0 atom stereocenters. The number of piperidine rings is 1. The molecule has 2 aromatic carbocycles. The van der Waals surface area contributed by atoms with E-state index in [4.69, 9.17) is 9.15 Å². The second-order valence-electron chi connectivity index (χ2n) is 8.23. The summed E-state index contributed by atoms with van der Waals surface area (Å²) in [5.74, 6) is 0.213. The Morgan fingerprint density at radius 2 is 1.82 bits per heavy atom. The third kappa shape index (κ3) is 6.20. The van der Waals surface area contributed by atoms with E-state index in [1.54, 1.807) is 12.1 Å². The molecule has 0 aliphatic carbocycles. The van der Waals surface area contributed by atoms with Crippen molar-refractivity contribution in [2.24, 2.45) is 0 Å². The Labute approximate surface area is 191 Å². The fourth-order valence-electron chi connectivity index (χ4n) is 3.97. The Balaban J connectivity index is 1.20. The van der Waals surface area contributed by atoms with Crippen LogP contribution in [-0.2, 0) is 9.59 Å². The topological polar surface area (TPSA) is 101 Å². The first-order valence-electron chi connectivity index (χ1n) is 11.0. The summed E-state index contributed by atoms with van der Waals surface area (Å²) >= 11 is 0. The van der Waals surface area contributed by atoms with Gasteiger partial charge in [0.05, 0.1) is 6.54 Å². The van der Waals surface area contributed by atoms with Crippen LogP contribution in [0, 0.1) is 6.92 Å². The summed E-state index contributed by atoms with van der Waals surface area (Å²) in [5.41, 5.74) is 1.63. The van der Waals surface area contributed by atoms with Crippen LogP contribution in [0.5, 0.6) is 5.75 Å². The molecule has 2 heterocycles. The molecule has 2 amide bonds. The van der Waals surface area contributed by atoms with Crippen LogP contribution in [0.2, 0.25) is 0 Å². The minimum atomic E-state index is -0.418. The van der Waals surface area contributed by atoms with Crippen LogP contribution in [0.3, 0.4) is 0 Å². The Morgan fingerprint density at radius 1 is 1.06 bits per heavy atom. The lowest BCUT2D eigenvalue weighted by molar-refractivity contribution is -0.124. The zero-order valence-corrected chi connectivity index (χ0v) is 18.5. The van der Waals surface area contributed by atoms with E-state index in [0.29, 0.717) is 17.9 Å². The van der Waals surface area contributed by atoms with E-state index >= 15 is 0 Å². The van der Waals surface area contributed by atoms with Crippen LogP contribution < -0.4 is 21.0 Å². The number of aryl methyl sites for hydroxylation is 1. The highest BCUT2D eigenvalue weighted by atomic mass is 16.5. The number of anilines is 1. The lowest BCUT2D eigenvalue weighted by atomic mass is 10.1. The maximum absolute atomic E-state index is 12.3. The first-order valence-corrected chi connectivity index (χ1v) is 11.0. The largest absolute Gasteiger partial charge is 0.484 e. The highest BCUT2D eigenvalue weighted by Crippen LogP contribution is 2.22. The summed E-state index contributed by atoms with van der Waals surface area (Å²) in [7, 11) is 0. The van der Waals surface area contributed by atoms with Crippen molar-refractivity contribution in [3.8, 4) is 5.75 Å². The van der Waals surface area contributed by atoms with Crippen molar-refractivity contribution in [3.63, 3.8) is 0 Å². The van der Waals surface area contributed by atoms with Crippen molar-refractivity contribution in [2.45, 2.75) is 25.8 Å². The number of para-hydroxylation sites is 1. The predicted molar refractivity (Wildman–Crippen MR) is 125 cm³/mol. The summed E-state index contributed by atoms with van der Waals surface area (Å²) in [4.78, 5) is 38.2. The molecule has 1 fully saturated rings. The SMILES string of the molecule is Cc1cc(=O)oc2cc(OCC(=O)NC3CCN(CC(=O)Nc4ccccc4)CC3)ccc12. The Kier molecular flexibility index (Phi) is 7.04. The highest BCUT2D eigenvalue weighted by Gasteiger charge is 2.22. The van der Waals surface area contributed by atoms with E-state index in [0.717, 1.165) is 42.6 Å². The van der Waals surface area contributed by atoms with Crippen LogP contribution in [0.25, 0.3) is 11.0 Å². The summed E-state index contributed by atoms with van der Waals surface area (Å²) in [6, 6.07) is 16.1. The molecule has 3 aromatic rings. The number of amides is 2. The van der Waals surface area contributed by atoms with Crippen LogP contribution in [0.15, 0.2) is 63.8 Å². The maximum Gasteiger partial charge on any atom is 0.336 e. The van der Waals surface area contributed by atoms with Crippen molar-refractivity contribution >= 4 is 28.5 Å². The number of ether oxygens (including phenoxy) is 1. The molecule has 4 rings (SSSR count). The van der Waals surface area contributed by atoms with Gasteiger partial charge in [-0.15, -0.1) is 0 Å². The van der Waals surface area contributed by atoms with Gasteiger partial charge >= 0.3 is 5.63 Å². The van der Waals surface area contributed by atoms with E-state index < -0.39 is 5.63 Å². The van der Waals surface area contributed by atoms with Gasteiger partial charge in [0, 0.05) is 42.3 Å². The number of carbonyl (C=O) groups is 2. The number of fused-ring (bicyclic) bond motifs is 1. The zero-order valence-electron chi connectivity index (χ0n) is 18.5. The first kappa shape index (κ1) is 22.5. The Morgan fingerprint density at radius 3 is 2.58 bits per heavy atom. The number of likely N-dealkylation sites (tertiary alicyclic amines) is 1. The molecule has 1 aliphatic rings. The standard InChI is InChI=1S/C25H27N3O5/c1-17-13-25(31)33-22-14-20(7-8-21(17)22)32-16-24(30)27-19-9-11-28(12-10-19)15-23(29)26-18-5-3-2-4-6-18/h2-8,13-14,19H,9-12,15-16H2,1H3,(H,26,29)(H,27,30). The second-order valence-corrected chi connectivity index (χ2v) is 8.23. The van der Waals surface area contributed by atoms with Gasteiger partial charge in [-0.1, -0.05) is 18.2 Å². The molecular weight excluding hydrogens is 422 g/mol. The number of benzene rings is 2. The molecule has 0 radical (unpaired) electrons. The smallest absolute Gasteiger partial charge is 0.336 e. The molecule has 0 unspecified atom stereocenters. The van der Waals surface area contributed by atoms with Crippen molar-refractivity contribution in [2.75, 3.05) is 31.6 Å². The lowest BCUT2D eigenvalue weighted by Gasteiger charge is -2.31. The first-order chi connectivity index (χ1) is 16.0. The molecular formula is C25H27N3O5. The van der Waals surface area contributed by atoms with Crippen molar-refractivity contribution < 1.29 is 18.7 Å². The van der Waals surface area contributed by atoms with Crippen LogP contribution in [0.1, 0.15) is 18.4 Å². The normalized spacial score (nSPS) is 14.7. The van der Waals surface area contributed by atoms with Crippen LogP contribution in [-0.4, -0.2) is 49.0 Å². The van der Waals surface area contributed by atoms with E-state index in [-0.39, 0.29) is 24.5 Å². The molecule has 0 saturated carbocycles. The monoisotopic (exact) mass is 449 g/mol. The second kappa shape index (κ2) is 10.3. The third-order valence-electron chi connectivity index (χ3n) is 5.67. The molecule has 8 nitrogen and oxygen atoms in total. The van der Waals surface area contributed by atoms with Gasteiger partial charge in [-0.2, -0.15) is 0 Å². The Bertz CT molecular complexity index is 1180. The van der Waals surface area contributed by atoms with Gasteiger partial charge < -0.3 is 19.8 Å². The molecule has 0 spiro atoms. The molecule has 1 saturated heterocycles. The molecule has 8 heteroatoms. The summed E-state index contributed by atoms with van der Waals surface area (Å²) in [5, 5.41) is 6.71. The lowest BCUT2D eigenvalue weighted by Crippen LogP contribution is -2.47. The Hall–Kier alpha value is -3.65. The zero-order chi connectivity index (χ0) is 23.2. The van der Waals surface area contributed by atoms with Gasteiger partial charge in [-0.25, -0.2) is 4.79 Å². The minimum absolute atomic E-state index is 0.0431. The molecule has 0 bridgehead atoms. The highest BCUT2D eigenvalue weighted by molar-refractivity contribution is 5.92. The van der Waals surface area contributed by atoms with Gasteiger partial charge in [-0.3, -0.25) is 14.5 Å². The predicted octanol–water partition coefficient (Wildman–Crippen LogP) is 2.70. The van der Waals surface area contributed by atoms with Gasteiger partial charge in [0.2, 0.25) is 5.91 Å². The summed E-state index contributed by atoms with van der Waals surface area (Å²) in [6.45, 7) is 3.51.